The molecule has 0 amide bonds. The Hall–Kier alpha value is -3.75. The number of carbonyl (C=O) groups is 1. The van der Waals surface area contributed by atoms with Crippen LogP contribution in [0, 0.1) is 10.1 Å². The molecule has 9 heteroatoms. The Labute approximate surface area is 152 Å². The van der Waals surface area contributed by atoms with Gasteiger partial charge >= 0.3 is 17.1 Å². The third-order valence-corrected chi connectivity index (χ3v) is 4.01. The van der Waals surface area contributed by atoms with Gasteiger partial charge in [0.15, 0.2) is 0 Å². The van der Waals surface area contributed by atoms with Crippen LogP contribution < -0.4 is 11.1 Å². The largest absolute Gasteiger partial charge is 0.462 e. The SMILES string of the molecule is CCOC(=O)c1ccccc1Cn1c(=O)c(=O)[nH]c2ccc([N+](=O)[O-])cc21. The fourth-order valence-electron chi connectivity index (χ4n) is 2.76. The van der Waals surface area contributed by atoms with Crippen LogP contribution in [0.3, 0.4) is 0 Å². The number of hydrogen-bond acceptors (Lipinski definition) is 6. The summed E-state index contributed by atoms with van der Waals surface area (Å²) < 4.78 is 6.13. The second kappa shape index (κ2) is 7.24. The molecule has 0 bridgehead atoms. The van der Waals surface area contributed by atoms with E-state index in [1.165, 1.54) is 18.2 Å². The summed E-state index contributed by atoms with van der Waals surface area (Å²) in [6.07, 6.45) is 0. The van der Waals surface area contributed by atoms with Crippen molar-refractivity contribution in [1.82, 2.24) is 9.55 Å². The summed E-state index contributed by atoms with van der Waals surface area (Å²) in [7, 11) is 0. The third-order valence-electron chi connectivity index (χ3n) is 4.01. The fourth-order valence-corrected chi connectivity index (χ4v) is 2.76. The number of rotatable bonds is 5. The number of esters is 1. The van der Waals surface area contributed by atoms with Crippen LogP contribution in [0.4, 0.5) is 5.69 Å². The molecule has 0 aliphatic rings. The van der Waals surface area contributed by atoms with Crippen molar-refractivity contribution < 1.29 is 14.5 Å². The standard InChI is InChI=1S/C18H15N3O6/c1-2-27-18(24)13-6-4-3-5-11(13)10-20-15-9-12(21(25)26)7-8-14(15)19-16(22)17(20)23/h3-9H,2,10H2,1H3,(H,19,22). The average Bonchev–Trinajstić information content (AvgIpc) is 2.65. The van der Waals surface area contributed by atoms with Crippen LogP contribution >= 0.6 is 0 Å². The lowest BCUT2D eigenvalue weighted by molar-refractivity contribution is -0.384. The first-order valence-corrected chi connectivity index (χ1v) is 8.08. The van der Waals surface area contributed by atoms with Crippen LogP contribution in [0.5, 0.6) is 0 Å². The Balaban J connectivity index is 2.21. The topological polar surface area (TPSA) is 124 Å². The van der Waals surface area contributed by atoms with Crippen LogP contribution in [0.2, 0.25) is 0 Å². The number of non-ortho nitro benzene ring substituents is 1. The molecule has 0 atom stereocenters. The molecule has 27 heavy (non-hydrogen) atoms. The zero-order valence-electron chi connectivity index (χ0n) is 14.3. The van der Waals surface area contributed by atoms with Crippen LogP contribution in [-0.2, 0) is 11.3 Å². The van der Waals surface area contributed by atoms with Crippen molar-refractivity contribution in [2.75, 3.05) is 6.61 Å². The number of aromatic amines is 1. The van der Waals surface area contributed by atoms with E-state index in [0.29, 0.717) is 5.56 Å². The van der Waals surface area contributed by atoms with E-state index in [1.807, 2.05) is 0 Å². The summed E-state index contributed by atoms with van der Waals surface area (Å²) in [6.45, 7) is 1.75. The number of benzene rings is 2. The van der Waals surface area contributed by atoms with E-state index < -0.39 is 22.0 Å². The molecule has 1 N–H and O–H groups in total. The number of H-pyrrole nitrogens is 1. The minimum atomic E-state index is -0.873. The molecule has 3 aromatic rings. The second-order valence-electron chi connectivity index (χ2n) is 5.68. The highest BCUT2D eigenvalue weighted by Gasteiger charge is 2.16. The Morgan fingerprint density at radius 1 is 1.22 bits per heavy atom. The van der Waals surface area contributed by atoms with Gasteiger partial charge in [0.05, 0.1) is 34.7 Å². The van der Waals surface area contributed by atoms with E-state index in [2.05, 4.69) is 4.98 Å². The van der Waals surface area contributed by atoms with Gasteiger partial charge in [0, 0.05) is 12.1 Å². The lowest BCUT2D eigenvalue weighted by atomic mass is 10.1. The quantitative estimate of drug-likeness (QED) is 0.317. The lowest BCUT2D eigenvalue weighted by Gasteiger charge is -2.12. The first-order valence-electron chi connectivity index (χ1n) is 8.08. The van der Waals surface area contributed by atoms with E-state index >= 15 is 0 Å². The molecule has 0 unspecified atom stereocenters. The monoisotopic (exact) mass is 369 g/mol. The first-order chi connectivity index (χ1) is 12.9. The van der Waals surface area contributed by atoms with Crippen LogP contribution in [0.1, 0.15) is 22.8 Å². The molecule has 0 spiro atoms. The maximum Gasteiger partial charge on any atom is 0.338 e. The average molecular weight is 369 g/mol. The third kappa shape index (κ3) is 3.47. The first kappa shape index (κ1) is 18.1. The van der Waals surface area contributed by atoms with Crippen molar-refractivity contribution in [1.29, 1.82) is 0 Å². The van der Waals surface area contributed by atoms with E-state index in [9.17, 15) is 24.5 Å². The van der Waals surface area contributed by atoms with Crippen molar-refractivity contribution in [2.45, 2.75) is 13.5 Å². The molecule has 1 aromatic heterocycles. The normalized spacial score (nSPS) is 10.7. The smallest absolute Gasteiger partial charge is 0.338 e. The zero-order chi connectivity index (χ0) is 19.6. The number of nitro groups is 1. The van der Waals surface area contributed by atoms with Crippen LogP contribution in [0.15, 0.2) is 52.1 Å². The van der Waals surface area contributed by atoms with Crippen molar-refractivity contribution in [3.05, 3.63) is 84.4 Å². The van der Waals surface area contributed by atoms with Gasteiger partial charge in [0.2, 0.25) is 0 Å². The van der Waals surface area contributed by atoms with E-state index in [-0.39, 0.29) is 35.4 Å². The number of carbonyl (C=O) groups excluding carboxylic acids is 1. The van der Waals surface area contributed by atoms with Gasteiger partial charge in [-0.1, -0.05) is 18.2 Å². The summed E-state index contributed by atoms with van der Waals surface area (Å²) in [4.78, 5) is 49.4. The van der Waals surface area contributed by atoms with Gasteiger partial charge in [-0.2, -0.15) is 0 Å². The predicted octanol–water partition coefficient (Wildman–Crippen LogP) is 1.82. The Morgan fingerprint density at radius 2 is 1.96 bits per heavy atom. The number of hydrogen-bond donors (Lipinski definition) is 1. The van der Waals surface area contributed by atoms with Gasteiger partial charge in [-0.3, -0.25) is 24.3 Å². The van der Waals surface area contributed by atoms with Crippen molar-refractivity contribution in [3.63, 3.8) is 0 Å². The fraction of sp³-hybridized carbons (Fsp3) is 0.167. The van der Waals surface area contributed by atoms with Crippen molar-refractivity contribution in [3.8, 4) is 0 Å². The molecule has 0 saturated heterocycles. The van der Waals surface area contributed by atoms with E-state index in [1.54, 1.807) is 31.2 Å². The molecule has 0 saturated carbocycles. The zero-order valence-corrected chi connectivity index (χ0v) is 14.3. The molecule has 2 aromatic carbocycles. The van der Waals surface area contributed by atoms with Gasteiger partial charge in [-0.05, 0) is 24.6 Å². The molecule has 9 nitrogen and oxygen atoms in total. The molecule has 0 aliphatic heterocycles. The molecule has 138 valence electrons. The number of ether oxygens (including phenoxy) is 1. The molecule has 1 heterocycles. The maximum atomic E-state index is 12.4. The van der Waals surface area contributed by atoms with Gasteiger partial charge in [-0.25, -0.2) is 4.79 Å². The van der Waals surface area contributed by atoms with Crippen molar-refractivity contribution in [2.24, 2.45) is 0 Å². The highest BCUT2D eigenvalue weighted by atomic mass is 16.6. The summed E-state index contributed by atoms with van der Waals surface area (Å²) in [5.41, 5.74) is -0.777. The number of aromatic nitrogens is 2. The summed E-state index contributed by atoms with van der Waals surface area (Å²) in [6, 6.07) is 10.3. The molecule has 0 radical (unpaired) electrons. The van der Waals surface area contributed by atoms with Crippen LogP contribution in [-0.4, -0.2) is 27.1 Å². The Bertz CT molecular complexity index is 1160. The van der Waals surface area contributed by atoms with Gasteiger partial charge in [0.1, 0.15) is 0 Å². The Kier molecular flexibility index (Phi) is 4.84. The number of nitrogens with zero attached hydrogens (tertiary/aromatic N) is 2. The molecule has 0 fully saturated rings. The summed E-state index contributed by atoms with van der Waals surface area (Å²) in [5.74, 6) is -0.554. The van der Waals surface area contributed by atoms with Gasteiger partial charge < -0.3 is 9.72 Å². The summed E-state index contributed by atoms with van der Waals surface area (Å²) >= 11 is 0. The second-order valence-corrected chi connectivity index (χ2v) is 5.68. The minimum absolute atomic E-state index is 0.116. The number of fused-ring (bicyclic) bond motifs is 1. The van der Waals surface area contributed by atoms with Gasteiger partial charge in [0.25, 0.3) is 5.69 Å². The molecule has 0 aliphatic carbocycles. The van der Waals surface area contributed by atoms with E-state index in [4.69, 9.17) is 4.74 Å². The van der Waals surface area contributed by atoms with Gasteiger partial charge in [-0.15, -0.1) is 0 Å². The number of nitrogens with one attached hydrogen (secondary N) is 1. The highest BCUT2D eigenvalue weighted by Crippen LogP contribution is 2.19. The Morgan fingerprint density at radius 3 is 2.67 bits per heavy atom. The summed E-state index contributed by atoms with van der Waals surface area (Å²) in [5, 5.41) is 11.1. The molecular weight excluding hydrogens is 354 g/mol. The maximum absolute atomic E-state index is 12.4. The predicted molar refractivity (Wildman–Crippen MR) is 97.0 cm³/mol. The molecule has 3 rings (SSSR count). The highest BCUT2D eigenvalue weighted by molar-refractivity contribution is 5.91. The minimum Gasteiger partial charge on any atom is -0.462 e. The van der Waals surface area contributed by atoms with Crippen LogP contribution in [0.25, 0.3) is 11.0 Å². The number of nitro benzene ring substituents is 1. The van der Waals surface area contributed by atoms with Crippen molar-refractivity contribution >= 4 is 22.7 Å². The van der Waals surface area contributed by atoms with E-state index in [0.717, 1.165) is 4.57 Å². The lowest BCUT2D eigenvalue weighted by Crippen LogP contribution is -2.36. The molecular formula is C18H15N3O6.